The molecule has 0 amide bonds. The summed E-state index contributed by atoms with van der Waals surface area (Å²) in [4.78, 5) is 11.6. The molecule has 2 heterocycles. The van der Waals surface area contributed by atoms with Gasteiger partial charge < -0.3 is 10.6 Å². The smallest absolute Gasteiger partial charge is 0.191 e. The van der Waals surface area contributed by atoms with E-state index >= 15 is 0 Å². The van der Waals surface area contributed by atoms with Crippen LogP contribution in [0.4, 0.5) is 0 Å². The summed E-state index contributed by atoms with van der Waals surface area (Å²) in [5, 5.41) is 10.6. The van der Waals surface area contributed by atoms with Gasteiger partial charge >= 0.3 is 0 Å². The van der Waals surface area contributed by atoms with E-state index in [0.717, 1.165) is 25.0 Å². The Balaban J connectivity index is 0.00000280. The number of aryl methyl sites for hydroxylation is 1. The SMILES string of the molecule is CN=C(NCC1CCN(Cc2csc(C)n2)CC1)NC1CCC(C)(C)CC1.I. The van der Waals surface area contributed by atoms with Gasteiger partial charge in [-0.1, -0.05) is 13.8 Å². The van der Waals surface area contributed by atoms with Crippen molar-refractivity contribution >= 4 is 41.3 Å². The van der Waals surface area contributed by atoms with Gasteiger partial charge in [0.05, 0.1) is 10.7 Å². The molecule has 0 bridgehead atoms. The second-order valence-electron chi connectivity index (χ2n) is 9.11. The van der Waals surface area contributed by atoms with Crippen LogP contribution < -0.4 is 10.6 Å². The molecule has 7 heteroatoms. The summed E-state index contributed by atoms with van der Waals surface area (Å²) in [5.41, 5.74) is 1.75. The zero-order chi connectivity index (χ0) is 19.3. The maximum atomic E-state index is 4.60. The Bertz CT molecular complexity index is 612. The standard InChI is InChI=1S/C21H37N5S.HI/c1-16-24-19(15-27-16)14-26-11-7-17(8-12-26)13-23-20(22-4)25-18-5-9-21(2,3)10-6-18;/h15,17-18H,5-14H2,1-4H3,(H2,22,23,25);1H. The third-order valence-corrected chi connectivity index (χ3v) is 7.04. The van der Waals surface area contributed by atoms with Crippen LogP contribution in [0, 0.1) is 18.3 Å². The molecule has 1 saturated heterocycles. The third kappa shape index (κ3) is 7.44. The number of aliphatic imine (C=N–C) groups is 1. The summed E-state index contributed by atoms with van der Waals surface area (Å²) >= 11 is 1.75. The van der Waals surface area contributed by atoms with Gasteiger partial charge in [0, 0.05) is 31.6 Å². The summed E-state index contributed by atoms with van der Waals surface area (Å²) in [7, 11) is 1.89. The van der Waals surface area contributed by atoms with Gasteiger partial charge in [0.15, 0.2) is 5.96 Å². The molecular formula is C21H38IN5S. The van der Waals surface area contributed by atoms with E-state index in [1.807, 2.05) is 7.05 Å². The largest absolute Gasteiger partial charge is 0.356 e. The molecule has 0 spiro atoms. The first kappa shape index (κ1) is 23.9. The summed E-state index contributed by atoms with van der Waals surface area (Å²) in [6.07, 6.45) is 7.62. The molecule has 3 rings (SSSR count). The number of guanidine groups is 1. The Morgan fingerprint density at radius 2 is 1.93 bits per heavy atom. The second-order valence-corrected chi connectivity index (χ2v) is 10.2. The molecule has 28 heavy (non-hydrogen) atoms. The van der Waals surface area contributed by atoms with Crippen LogP contribution in [0.25, 0.3) is 0 Å². The van der Waals surface area contributed by atoms with Gasteiger partial charge in [-0.15, -0.1) is 35.3 Å². The average Bonchev–Trinajstić information content (AvgIpc) is 3.06. The van der Waals surface area contributed by atoms with Crippen LogP contribution >= 0.6 is 35.3 Å². The van der Waals surface area contributed by atoms with Gasteiger partial charge in [-0.2, -0.15) is 0 Å². The molecule has 2 N–H and O–H groups in total. The molecule has 1 aliphatic heterocycles. The lowest BCUT2D eigenvalue weighted by Gasteiger charge is -2.35. The summed E-state index contributed by atoms with van der Waals surface area (Å²) < 4.78 is 0. The lowest BCUT2D eigenvalue weighted by Crippen LogP contribution is -2.47. The summed E-state index contributed by atoms with van der Waals surface area (Å²) in [6.45, 7) is 11.2. The lowest BCUT2D eigenvalue weighted by atomic mass is 9.75. The molecule has 0 aromatic carbocycles. The number of piperidine rings is 1. The maximum Gasteiger partial charge on any atom is 0.191 e. The fourth-order valence-electron chi connectivity index (χ4n) is 4.23. The van der Waals surface area contributed by atoms with E-state index in [4.69, 9.17) is 0 Å². The van der Waals surface area contributed by atoms with Crippen LogP contribution in [0.15, 0.2) is 10.4 Å². The number of likely N-dealkylation sites (tertiary alicyclic amines) is 1. The first-order chi connectivity index (χ1) is 12.9. The van der Waals surface area contributed by atoms with E-state index in [0.29, 0.717) is 11.5 Å². The van der Waals surface area contributed by atoms with Crippen LogP contribution in [0.3, 0.4) is 0 Å². The fourth-order valence-corrected chi connectivity index (χ4v) is 4.84. The number of halogens is 1. The van der Waals surface area contributed by atoms with Gasteiger partial charge in [0.25, 0.3) is 0 Å². The Hall–Kier alpha value is -0.410. The zero-order valence-corrected chi connectivity index (χ0v) is 21.1. The van der Waals surface area contributed by atoms with Crippen LogP contribution in [0.5, 0.6) is 0 Å². The van der Waals surface area contributed by atoms with Crippen molar-refractivity contribution in [2.75, 3.05) is 26.7 Å². The number of aromatic nitrogens is 1. The predicted octanol–water partition coefficient (Wildman–Crippen LogP) is 4.42. The highest BCUT2D eigenvalue weighted by Crippen LogP contribution is 2.34. The highest BCUT2D eigenvalue weighted by molar-refractivity contribution is 14.0. The molecule has 1 aliphatic carbocycles. The number of hydrogen-bond donors (Lipinski definition) is 2. The van der Waals surface area contributed by atoms with E-state index in [1.54, 1.807) is 11.3 Å². The Labute approximate surface area is 192 Å². The minimum Gasteiger partial charge on any atom is -0.356 e. The Kier molecular flexibility index (Phi) is 9.47. The Morgan fingerprint density at radius 1 is 1.25 bits per heavy atom. The van der Waals surface area contributed by atoms with E-state index in [2.05, 4.69) is 51.7 Å². The van der Waals surface area contributed by atoms with Gasteiger partial charge in [-0.3, -0.25) is 9.89 Å². The number of thiazole rings is 1. The number of hydrogen-bond acceptors (Lipinski definition) is 4. The lowest BCUT2D eigenvalue weighted by molar-refractivity contribution is 0.176. The molecule has 0 unspecified atom stereocenters. The van der Waals surface area contributed by atoms with Crippen molar-refractivity contribution in [1.82, 2.24) is 20.5 Å². The van der Waals surface area contributed by atoms with E-state index in [9.17, 15) is 0 Å². The normalized spacial score (nSPS) is 21.9. The summed E-state index contributed by atoms with van der Waals surface area (Å²) in [6, 6.07) is 0.577. The average molecular weight is 520 g/mol. The van der Waals surface area contributed by atoms with Crippen LogP contribution in [-0.4, -0.2) is 48.6 Å². The van der Waals surface area contributed by atoms with Crippen LogP contribution in [0.2, 0.25) is 0 Å². The number of nitrogens with one attached hydrogen (secondary N) is 2. The molecular weight excluding hydrogens is 481 g/mol. The topological polar surface area (TPSA) is 52.6 Å². The maximum absolute atomic E-state index is 4.60. The molecule has 1 aromatic heterocycles. The fraction of sp³-hybridized carbons (Fsp3) is 0.810. The molecule has 5 nitrogen and oxygen atoms in total. The molecule has 0 atom stereocenters. The van der Waals surface area contributed by atoms with E-state index < -0.39 is 0 Å². The van der Waals surface area contributed by atoms with Crippen LogP contribution in [0.1, 0.15) is 63.1 Å². The highest BCUT2D eigenvalue weighted by atomic mass is 127. The molecule has 160 valence electrons. The van der Waals surface area contributed by atoms with E-state index in [-0.39, 0.29) is 24.0 Å². The Morgan fingerprint density at radius 3 is 2.50 bits per heavy atom. The minimum atomic E-state index is 0. The first-order valence-electron chi connectivity index (χ1n) is 10.5. The van der Waals surface area contributed by atoms with Gasteiger partial charge in [0.1, 0.15) is 0 Å². The molecule has 2 fully saturated rings. The minimum absolute atomic E-state index is 0. The van der Waals surface area contributed by atoms with Gasteiger partial charge in [-0.25, -0.2) is 4.98 Å². The molecule has 0 radical (unpaired) electrons. The van der Waals surface area contributed by atoms with Crippen LogP contribution in [-0.2, 0) is 6.54 Å². The van der Waals surface area contributed by atoms with Crippen molar-refractivity contribution in [3.63, 3.8) is 0 Å². The molecule has 2 aliphatic rings. The molecule has 1 saturated carbocycles. The van der Waals surface area contributed by atoms with Crippen molar-refractivity contribution in [1.29, 1.82) is 0 Å². The van der Waals surface area contributed by atoms with E-state index in [1.165, 1.54) is 62.3 Å². The van der Waals surface area contributed by atoms with Gasteiger partial charge in [-0.05, 0) is 69.9 Å². The molecule has 1 aromatic rings. The summed E-state index contributed by atoms with van der Waals surface area (Å²) in [5.74, 6) is 1.72. The first-order valence-corrected chi connectivity index (χ1v) is 11.4. The van der Waals surface area contributed by atoms with Crippen molar-refractivity contribution < 1.29 is 0 Å². The van der Waals surface area contributed by atoms with Crippen molar-refractivity contribution in [3.05, 3.63) is 16.1 Å². The highest BCUT2D eigenvalue weighted by Gasteiger charge is 2.27. The van der Waals surface area contributed by atoms with Crippen molar-refractivity contribution in [2.24, 2.45) is 16.3 Å². The quantitative estimate of drug-likeness (QED) is 0.344. The third-order valence-electron chi connectivity index (χ3n) is 6.22. The second kappa shape index (κ2) is 11.1. The predicted molar refractivity (Wildman–Crippen MR) is 131 cm³/mol. The zero-order valence-electron chi connectivity index (χ0n) is 18.0. The van der Waals surface area contributed by atoms with Crippen molar-refractivity contribution in [2.45, 2.75) is 71.9 Å². The number of nitrogens with zero attached hydrogens (tertiary/aromatic N) is 3. The number of rotatable bonds is 5. The van der Waals surface area contributed by atoms with Crippen molar-refractivity contribution in [3.8, 4) is 0 Å². The monoisotopic (exact) mass is 519 g/mol. The van der Waals surface area contributed by atoms with Gasteiger partial charge in [0.2, 0.25) is 0 Å².